The van der Waals surface area contributed by atoms with E-state index in [-0.39, 0.29) is 11.9 Å². The molecule has 3 aromatic heterocycles. The normalized spacial score (nSPS) is 18.5. The smallest absolute Gasteiger partial charge is 0.232 e. The molecule has 36 heavy (non-hydrogen) atoms. The summed E-state index contributed by atoms with van der Waals surface area (Å²) < 4.78 is 16.8. The number of nitrogens with two attached hydrogens (primary N) is 1. The molecule has 0 bridgehead atoms. The Morgan fingerprint density at radius 3 is 2.89 bits per heavy atom. The van der Waals surface area contributed by atoms with E-state index in [1.165, 1.54) is 11.8 Å². The van der Waals surface area contributed by atoms with Crippen LogP contribution in [0.2, 0.25) is 0 Å². The van der Waals surface area contributed by atoms with Crippen LogP contribution >= 0.6 is 11.8 Å². The van der Waals surface area contributed by atoms with Crippen molar-refractivity contribution in [1.29, 1.82) is 0 Å². The first-order valence-electron chi connectivity index (χ1n) is 12.4. The molecule has 0 amide bonds. The summed E-state index contributed by atoms with van der Waals surface area (Å²) in [5.74, 6) is 0.624. The standard InChI is InChI=1S/C27H27FN7S/c1-34-7-2-3-21-24(34)11-18(13-30-21)36-27-32-23-12-19-20(9-15(28)10-22(19)31-17-4-5-17)25(23)26(33-27)35-8-6-16(29)14-35/h2-3,7,9-11,13,16-17,31H,4-6,8,12,14,29H2,1H3/q+1/t16-/m0/s1. The van der Waals surface area contributed by atoms with Crippen LogP contribution in [0.1, 0.15) is 30.5 Å². The van der Waals surface area contributed by atoms with Gasteiger partial charge in [-0.2, -0.15) is 4.57 Å². The molecule has 4 aromatic rings. The van der Waals surface area contributed by atoms with E-state index in [4.69, 9.17) is 15.7 Å². The van der Waals surface area contributed by atoms with Crippen LogP contribution in [0, 0.1) is 5.82 Å². The second-order valence-electron chi connectivity index (χ2n) is 10.0. The molecule has 0 unspecified atom stereocenters. The summed E-state index contributed by atoms with van der Waals surface area (Å²) in [6, 6.07) is 9.93. The zero-order valence-corrected chi connectivity index (χ0v) is 20.9. The fraction of sp³-hybridized carbons (Fsp3) is 0.333. The minimum absolute atomic E-state index is 0.108. The van der Waals surface area contributed by atoms with Crippen molar-refractivity contribution < 1.29 is 8.96 Å². The van der Waals surface area contributed by atoms with Gasteiger partial charge in [0.15, 0.2) is 11.4 Å². The van der Waals surface area contributed by atoms with E-state index in [1.54, 1.807) is 12.1 Å². The molecule has 1 aliphatic heterocycles. The van der Waals surface area contributed by atoms with Crippen LogP contribution in [0.25, 0.3) is 22.2 Å². The number of aryl methyl sites for hydroxylation is 1. The Balaban J connectivity index is 1.32. The van der Waals surface area contributed by atoms with Crippen molar-refractivity contribution in [3.63, 3.8) is 0 Å². The van der Waals surface area contributed by atoms with Gasteiger partial charge in [0, 0.05) is 66.1 Å². The fourth-order valence-electron chi connectivity index (χ4n) is 5.28. The Morgan fingerprint density at radius 1 is 1.19 bits per heavy atom. The van der Waals surface area contributed by atoms with Crippen LogP contribution in [0.4, 0.5) is 15.9 Å². The zero-order chi connectivity index (χ0) is 24.4. The number of anilines is 2. The molecular formula is C27H27FN7S+. The number of fused-ring (bicyclic) bond motifs is 4. The average molecular weight is 501 g/mol. The second-order valence-corrected chi connectivity index (χ2v) is 11.1. The van der Waals surface area contributed by atoms with Gasteiger partial charge in [-0.05, 0) is 60.4 Å². The van der Waals surface area contributed by atoms with Gasteiger partial charge in [0.25, 0.3) is 0 Å². The van der Waals surface area contributed by atoms with Gasteiger partial charge in [0.05, 0.1) is 5.69 Å². The van der Waals surface area contributed by atoms with Crippen molar-refractivity contribution >= 4 is 34.3 Å². The Morgan fingerprint density at radius 2 is 2.08 bits per heavy atom. The summed E-state index contributed by atoms with van der Waals surface area (Å²) >= 11 is 1.51. The van der Waals surface area contributed by atoms with Gasteiger partial charge in [-0.15, -0.1) is 0 Å². The zero-order valence-electron chi connectivity index (χ0n) is 20.0. The molecule has 0 radical (unpaired) electrons. The number of hydrogen-bond acceptors (Lipinski definition) is 7. The average Bonchev–Trinajstić information content (AvgIpc) is 3.44. The summed E-state index contributed by atoms with van der Waals surface area (Å²) in [6.45, 7) is 1.57. The van der Waals surface area contributed by atoms with Crippen molar-refractivity contribution in [3.05, 3.63) is 59.8 Å². The first-order valence-corrected chi connectivity index (χ1v) is 13.3. The van der Waals surface area contributed by atoms with Crippen molar-refractivity contribution in [2.75, 3.05) is 23.3 Å². The molecule has 3 N–H and O–H groups in total. The van der Waals surface area contributed by atoms with E-state index in [0.717, 1.165) is 82.2 Å². The second kappa shape index (κ2) is 8.38. The summed E-state index contributed by atoms with van der Waals surface area (Å²) in [7, 11) is 2.02. The summed E-state index contributed by atoms with van der Waals surface area (Å²) in [6.07, 6.45) is 7.73. The number of hydrogen-bond donors (Lipinski definition) is 2. The fourth-order valence-corrected chi connectivity index (χ4v) is 6.06. The minimum atomic E-state index is -0.234. The van der Waals surface area contributed by atoms with Crippen molar-refractivity contribution in [3.8, 4) is 11.1 Å². The molecule has 7 rings (SSSR count). The van der Waals surface area contributed by atoms with Crippen molar-refractivity contribution in [2.24, 2.45) is 12.8 Å². The van der Waals surface area contributed by atoms with Crippen molar-refractivity contribution in [2.45, 2.75) is 47.8 Å². The Hall–Kier alpha value is -3.30. The number of nitrogens with zero attached hydrogens (tertiary/aromatic N) is 5. The molecule has 3 aliphatic rings. The lowest BCUT2D eigenvalue weighted by atomic mass is 10.0. The van der Waals surface area contributed by atoms with Crippen LogP contribution < -0.4 is 20.5 Å². The van der Waals surface area contributed by atoms with E-state index in [0.29, 0.717) is 17.6 Å². The van der Waals surface area contributed by atoms with Gasteiger partial charge in [-0.1, -0.05) is 0 Å². The molecule has 4 heterocycles. The monoisotopic (exact) mass is 500 g/mol. The Kier molecular flexibility index (Phi) is 5.11. The minimum Gasteiger partial charge on any atom is -0.382 e. The maximum Gasteiger partial charge on any atom is 0.232 e. The maximum absolute atomic E-state index is 14.8. The summed E-state index contributed by atoms with van der Waals surface area (Å²) in [5, 5.41) is 4.20. The third-order valence-electron chi connectivity index (χ3n) is 7.26. The van der Waals surface area contributed by atoms with Crippen LogP contribution in [0.5, 0.6) is 0 Å². The third kappa shape index (κ3) is 3.87. The highest BCUT2D eigenvalue weighted by Gasteiger charge is 2.33. The van der Waals surface area contributed by atoms with Crippen LogP contribution in [0.15, 0.2) is 52.8 Å². The molecule has 2 aliphatic carbocycles. The van der Waals surface area contributed by atoms with E-state index in [9.17, 15) is 4.39 Å². The van der Waals surface area contributed by atoms with E-state index in [2.05, 4.69) is 25.8 Å². The number of rotatable bonds is 5. The number of halogens is 1. The molecule has 0 spiro atoms. The van der Waals surface area contributed by atoms with Gasteiger partial charge < -0.3 is 16.0 Å². The molecule has 9 heteroatoms. The lowest BCUT2D eigenvalue weighted by Crippen LogP contribution is -2.28. The molecular weight excluding hydrogens is 473 g/mol. The molecule has 7 nitrogen and oxygen atoms in total. The van der Waals surface area contributed by atoms with E-state index >= 15 is 0 Å². The Bertz CT molecular complexity index is 1520. The third-order valence-corrected chi connectivity index (χ3v) is 8.08. The van der Waals surface area contributed by atoms with Gasteiger partial charge in [0.1, 0.15) is 24.2 Å². The largest absolute Gasteiger partial charge is 0.382 e. The predicted molar refractivity (Wildman–Crippen MR) is 139 cm³/mol. The van der Waals surface area contributed by atoms with Crippen LogP contribution in [0.3, 0.4) is 0 Å². The molecule has 182 valence electrons. The first-order chi connectivity index (χ1) is 17.5. The quantitative estimate of drug-likeness (QED) is 0.280. The van der Waals surface area contributed by atoms with Gasteiger partial charge in [-0.25, -0.2) is 19.3 Å². The lowest BCUT2D eigenvalue weighted by molar-refractivity contribution is -0.645. The molecule has 1 atom stereocenters. The number of benzene rings is 1. The molecule has 1 aromatic carbocycles. The lowest BCUT2D eigenvalue weighted by Gasteiger charge is -2.21. The highest BCUT2D eigenvalue weighted by atomic mass is 32.2. The van der Waals surface area contributed by atoms with E-state index in [1.807, 2.05) is 31.6 Å². The van der Waals surface area contributed by atoms with Crippen LogP contribution in [-0.2, 0) is 13.5 Å². The SMILES string of the molecule is C[n+]1cccc2ncc(Sc3nc4c(c(N5CC[C@H](N)C5)n3)-c3cc(F)cc(NC5CC5)c3C4)cc21. The highest BCUT2D eigenvalue weighted by Crippen LogP contribution is 2.46. The first kappa shape index (κ1) is 21.9. The van der Waals surface area contributed by atoms with Crippen LogP contribution in [-0.4, -0.2) is 40.1 Å². The molecule has 1 saturated heterocycles. The molecule has 1 saturated carbocycles. The predicted octanol–water partition coefficient (Wildman–Crippen LogP) is 3.82. The Labute approximate surface area is 213 Å². The summed E-state index contributed by atoms with van der Waals surface area (Å²) in [5.41, 5.74) is 13.1. The number of nitrogens with one attached hydrogen (secondary N) is 1. The highest BCUT2D eigenvalue weighted by molar-refractivity contribution is 7.99. The maximum atomic E-state index is 14.8. The topological polar surface area (TPSA) is 83.8 Å². The molecule has 2 fully saturated rings. The number of aromatic nitrogens is 4. The van der Waals surface area contributed by atoms with Gasteiger partial charge in [0.2, 0.25) is 5.52 Å². The summed E-state index contributed by atoms with van der Waals surface area (Å²) in [4.78, 5) is 17.9. The van der Waals surface area contributed by atoms with E-state index < -0.39 is 0 Å². The van der Waals surface area contributed by atoms with Crippen molar-refractivity contribution in [1.82, 2.24) is 15.0 Å². The van der Waals surface area contributed by atoms with Gasteiger partial charge >= 0.3 is 0 Å². The van der Waals surface area contributed by atoms with Gasteiger partial charge in [-0.3, -0.25) is 0 Å². The number of pyridine rings is 2.